The van der Waals surface area contributed by atoms with E-state index in [4.69, 9.17) is 24.3 Å². The molecule has 0 aromatic carbocycles. The zero-order valence-corrected chi connectivity index (χ0v) is 32.6. The maximum absolute atomic E-state index is 12.4. The van der Waals surface area contributed by atoms with Crippen molar-refractivity contribution in [3.05, 3.63) is 0 Å². The highest BCUT2D eigenvalue weighted by Gasteiger charge is 2.25. The van der Waals surface area contributed by atoms with Gasteiger partial charge in [0.15, 0.2) is 0 Å². The van der Waals surface area contributed by atoms with Crippen LogP contribution in [0.2, 0.25) is 0 Å². The molecule has 2 unspecified atom stereocenters. The molecule has 0 heterocycles. The van der Waals surface area contributed by atoms with E-state index in [2.05, 4.69) is 13.8 Å². The first-order valence-corrected chi connectivity index (χ1v) is 22.0. The van der Waals surface area contributed by atoms with Crippen LogP contribution in [0, 0.1) is 0 Å². The van der Waals surface area contributed by atoms with E-state index in [9.17, 15) is 14.3 Å². The monoisotopic (exact) mass is 706 g/mol. The Morgan fingerprint density at radius 3 is 1.31 bits per heavy atom. The van der Waals surface area contributed by atoms with Gasteiger partial charge in [-0.05, 0) is 12.8 Å². The summed E-state index contributed by atoms with van der Waals surface area (Å²) in [5.41, 5.74) is 5.34. The van der Waals surface area contributed by atoms with Crippen LogP contribution in [0.3, 0.4) is 0 Å². The Labute approximate surface area is 297 Å². The maximum Gasteiger partial charge on any atom is 0.472 e. The first-order valence-electron chi connectivity index (χ1n) is 20.5. The van der Waals surface area contributed by atoms with Crippen LogP contribution in [0.4, 0.5) is 0 Å². The molecule has 0 saturated carbocycles. The van der Waals surface area contributed by atoms with Crippen molar-refractivity contribution < 1.29 is 32.8 Å². The fraction of sp³-hybridized carbons (Fsp3) is 0.974. The number of esters is 1. The van der Waals surface area contributed by atoms with Crippen molar-refractivity contribution in [3.8, 4) is 0 Å². The zero-order chi connectivity index (χ0) is 35.2. The molecular weight excluding hydrogens is 625 g/mol. The molecule has 0 spiro atoms. The topological polar surface area (TPSA) is 117 Å². The quantitative estimate of drug-likeness (QED) is 0.0367. The lowest BCUT2D eigenvalue weighted by Crippen LogP contribution is -2.28. The second-order valence-electron chi connectivity index (χ2n) is 13.9. The van der Waals surface area contributed by atoms with Gasteiger partial charge in [0.2, 0.25) is 0 Å². The van der Waals surface area contributed by atoms with Crippen molar-refractivity contribution in [1.29, 1.82) is 0 Å². The van der Waals surface area contributed by atoms with E-state index in [1.165, 1.54) is 154 Å². The number of nitrogens with two attached hydrogens (primary N) is 1. The Balaban J connectivity index is 3.75. The zero-order valence-electron chi connectivity index (χ0n) is 31.7. The fourth-order valence-corrected chi connectivity index (χ4v) is 6.76. The first-order chi connectivity index (χ1) is 23.4. The summed E-state index contributed by atoms with van der Waals surface area (Å²) < 4.78 is 33.2. The van der Waals surface area contributed by atoms with Crippen LogP contribution in [-0.2, 0) is 27.9 Å². The second kappa shape index (κ2) is 37.7. The minimum atomic E-state index is -4.25. The number of carbonyl (C=O) groups excluding carboxylic acids is 1. The summed E-state index contributed by atoms with van der Waals surface area (Å²) in [7, 11) is -4.25. The Morgan fingerprint density at radius 2 is 0.917 bits per heavy atom. The molecule has 2 atom stereocenters. The van der Waals surface area contributed by atoms with E-state index in [-0.39, 0.29) is 32.3 Å². The van der Waals surface area contributed by atoms with Gasteiger partial charge in [-0.25, -0.2) is 4.57 Å². The largest absolute Gasteiger partial charge is 0.472 e. The normalized spacial score (nSPS) is 13.5. The molecule has 8 nitrogen and oxygen atoms in total. The molecule has 0 aromatic rings. The number of unbranched alkanes of at least 4 members (excludes halogenated alkanes) is 27. The van der Waals surface area contributed by atoms with Crippen molar-refractivity contribution >= 4 is 13.8 Å². The molecule has 48 heavy (non-hydrogen) atoms. The lowest BCUT2D eigenvalue weighted by molar-refractivity contribution is -0.154. The van der Waals surface area contributed by atoms with E-state index >= 15 is 0 Å². The van der Waals surface area contributed by atoms with E-state index in [1.54, 1.807) is 0 Å². The van der Waals surface area contributed by atoms with E-state index in [0.29, 0.717) is 13.0 Å². The van der Waals surface area contributed by atoms with Crippen LogP contribution in [0.5, 0.6) is 0 Å². The maximum atomic E-state index is 12.4. The van der Waals surface area contributed by atoms with Crippen LogP contribution >= 0.6 is 7.82 Å². The Bertz CT molecular complexity index is 712. The minimum absolute atomic E-state index is 0.0910. The number of hydrogen-bond donors (Lipinski definition) is 2. The summed E-state index contributed by atoms with van der Waals surface area (Å²) >= 11 is 0. The predicted molar refractivity (Wildman–Crippen MR) is 201 cm³/mol. The predicted octanol–water partition coefficient (Wildman–Crippen LogP) is 11.7. The minimum Gasteiger partial charge on any atom is -0.457 e. The van der Waals surface area contributed by atoms with E-state index < -0.39 is 13.9 Å². The van der Waals surface area contributed by atoms with Crippen LogP contribution in [0.1, 0.15) is 206 Å². The number of carbonyl (C=O) groups is 1. The highest BCUT2D eigenvalue weighted by molar-refractivity contribution is 7.47. The highest BCUT2D eigenvalue weighted by atomic mass is 31.2. The molecule has 0 aliphatic heterocycles. The fourth-order valence-electron chi connectivity index (χ4n) is 6.00. The van der Waals surface area contributed by atoms with Crippen molar-refractivity contribution in [2.24, 2.45) is 5.73 Å². The molecule has 0 aliphatic carbocycles. The molecule has 0 saturated heterocycles. The van der Waals surface area contributed by atoms with Gasteiger partial charge in [-0.3, -0.25) is 13.8 Å². The molecule has 0 bridgehead atoms. The molecular formula is C39H80NO7P. The summed E-state index contributed by atoms with van der Waals surface area (Å²) in [4.78, 5) is 22.2. The summed E-state index contributed by atoms with van der Waals surface area (Å²) in [6.45, 7) is 4.90. The van der Waals surface area contributed by atoms with E-state index in [0.717, 1.165) is 32.1 Å². The SMILES string of the molecule is CCCCCCCCCCCCCCCCCCCCCCCCCOCC(COP(=O)(O)OCCN)OC(=O)CCCCCCCC. The smallest absolute Gasteiger partial charge is 0.457 e. The number of phosphoric ester groups is 1. The average Bonchev–Trinajstić information content (AvgIpc) is 3.07. The standard InChI is InChI=1S/C39H80NO7P/c1-3-5-7-9-11-12-13-14-15-16-17-18-19-20-21-22-23-24-25-26-27-29-31-34-44-36-38(37-46-48(42,43)45-35-33-40)47-39(41)32-30-28-10-8-6-4-2/h38H,3-37,40H2,1-2H3,(H,42,43). The lowest BCUT2D eigenvalue weighted by Gasteiger charge is -2.20. The van der Waals surface area contributed by atoms with Crippen molar-refractivity contribution in [1.82, 2.24) is 0 Å². The third kappa shape index (κ3) is 36.8. The average molecular weight is 706 g/mol. The molecule has 3 N–H and O–H groups in total. The second-order valence-corrected chi connectivity index (χ2v) is 15.3. The number of hydrogen-bond acceptors (Lipinski definition) is 7. The summed E-state index contributed by atoms with van der Waals surface area (Å²) in [6.07, 6.45) is 37.3. The van der Waals surface area contributed by atoms with Gasteiger partial charge in [0.05, 0.1) is 19.8 Å². The van der Waals surface area contributed by atoms with Crippen LogP contribution in [0.15, 0.2) is 0 Å². The lowest BCUT2D eigenvalue weighted by atomic mass is 10.0. The molecule has 0 fully saturated rings. The molecule has 0 aliphatic rings. The molecule has 0 aromatic heterocycles. The van der Waals surface area contributed by atoms with Crippen molar-refractivity contribution in [2.75, 3.05) is 33.0 Å². The summed E-state index contributed by atoms with van der Waals surface area (Å²) in [5.74, 6) is -0.335. The molecule has 0 radical (unpaired) electrons. The van der Waals surface area contributed by atoms with Gasteiger partial charge >= 0.3 is 13.8 Å². The van der Waals surface area contributed by atoms with Crippen molar-refractivity contribution in [3.63, 3.8) is 0 Å². The third-order valence-corrected chi connectivity index (χ3v) is 10.0. The first kappa shape index (κ1) is 47.5. The Morgan fingerprint density at radius 1 is 0.542 bits per heavy atom. The molecule has 9 heteroatoms. The highest BCUT2D eigenvalue weighted by Crippen LogP contribution is 2.43. The Kier molecular flexibility index (Phi) is 37.4. The van der Waals surface area contributed by atoms with E-state index in [1.807, 2.05) is 0 Å². The van der Waals surface area contributed by atoms with Gasteiger partial charge in [-0.2, -0.15) is 0 Å². The van der Waals surface area contributed by atoms with Gasteiger partial charge in [-0.1, -0.05) is 187 Å². The molecule has 0 amide bonds. The molecule has 288 valence electrons. The van der Waals surface area contributed by atoms with Gasteiger partial charge in [0, 0.05) is 19.6 Å². The van der Waals surface area contributed by atoms with Crippen molar-refractivity contribution in [2.45, 2.75) is 213 Å². The van der Waals surface area contributed by atoms with Crippen LogP contribution < -0.4 is 5.73 Å². The Hall–Kier alpha value is -0.500. The number of phosphoric acid groups is 1. The van der Waals surface area contributed by atoms with Crippen LogP contribution in [-0.4, -0.2) is 49.9 Å². The van der Waals surface area contributed by atoms with Gasteiger partial charge in [0.1, 0.15) is 6.10 Å². The van der Waals surface area contributed by atoms with Gasteiger partial charge in [0.25, 0.3) is 0 Å². The van der Waals surface area contributed by atoms with Gasteiger partial charge in [-0.15, -0.1) is 0 Å². The van der Waals surface area contributed by atoms with Crippen LogP contribution in [0.25, 0.3) is 0 Å². The van der Waals surface area contributed by atoms with Gasteiger partial charge < -0.3 is 20.1 Å². The summed E-state index contributed by atoms with van der Waals surface area (Å²) in [5, 5.41) is 0. The summed E-state index contributed by atoms with van der Waals surface area (Å²) in [6, 6.07) is 0. The third-order valence-electron chi connectivity index (χ3n) is 9.02. The number of ether oxygens (including phenoxy) is 2. The molecule has 0 rings (SSSR count). The number of rotatable bonds is 40.